The number of phenols is 1. The lowest BCUT2D eigenvalue weighted by atomic mass is 9.69. The molecule has 1 aliphatic carbocycles. The molecule has 8 nitrogen and oxygen atoms in total. The van der Waals surface area contributed by atoms with Crippen LogP contribution in [0.3, 0.4) is 0 Å². The van der Waals surface area contributed by atoms with E-state index in [-0.39, 0.29) is 34.6 Å². The number of rotatable bonds is 11. The SMILES string of the molecule is COc1cc(/C=C(/CC[C@H]2OC[C@H]3C2=C(CO[Si](c2ccccc2)(c2ccccc2)C(C)(C)C)C[C@H]2C(=O)N(C)C(=O)[C@H]23)c2ccccn2)cc(I)c1O. The van der Waals surface area contributed by atoms with Crippen LogP contribution in [0.5, 0.6) is 11.5 Å². The summed E-state index contributed by atoms with van der Waals surface area (Å²) in [6, 6.07) is 30.8. The molecule has 0 bridgehead atoms. The van der Waals surface area contributed by atoms with Gasteiger partial charge in [-0.1, -0.05) is 87.5 Å². The highest BCUT2D eigenvalue weighted by molar-refractivity contribution is 14.1. The molecule has 0 radical (unpaired) electrons. The summed E-state index contributed by atoms with van der Waals surface area (Å²) in [4.78, 5) is 33.2. The van der Waals surface area contributed by atoms with Crippen molar-refractivity contribution in [1.29, 1.82) is 0 Å². The summed E-state index contributed by atoms with van der Waals surface area (Å²) >= 11 is 2.11. The maximum atomic E-state index is 13.6. The molecule has 4 atom stereocenters. The van der Waals surface area contributed by atoms with Crippen LogP contribution in [-0.4, -0.2) is 68.6 Å². The van der Waals surface area contributed by atoms with Gasteiger partial charge in [-0.05, 0) is 110 Å². The Labute approximate surface area is 332 Å². The van der Waals surface area contributed by atoms with Crippen LogP contribution >= 0.6 is 22.6 Å². The van der Waals surface area contributed by atoms with Gasteiger partial charge in [0.2, 0.25) is 11.8 Å². The second kappa shape index (κ2) is 15.6. The average molecular weight is 855 g/mol. The number of carbonyl (C=O) groups excluding carboxylic acids is 2. The van der Waals surface area contributed by atoms with E-state index in [1.54, 1.807) is 20.4 Å². The Hall–Kier alpha value is -4.10. The van der Waals surface area contributed by atoms with Crippen LogP contribution in [0.4, 0.5) is 0 Å². The number of phenolic OH excluding ortho intramolecular Hbond substituents is 1. The first-order valence-corrected chi connectivity index (χ1v) is 21.5. The number of halogens is 1. The number of imide groups is 1. The number of nitrogens with zero attached hydrogens (tertiary/aromatic N) is 2. The summed E-state index contributed by atoms with van der Waals surface area (Å²) in [5, 5.41) is 12.7. The van der Waals surface area contributed by atoms with E-state index < -0.39 is 20.2 Å². The number of fused-ring (bicyclic) bond motifs is 3. The van der Waals surface area contributed by atoms with E-state index >= 15 is 0 Å². The quantitative estimate of drug-likeness (QED) is 0.0736. The molecule has 2 saturated heterocycles. The Morgan fingerprint density at radius 3 is 2.26 bits per heavy atom. The molecule has 54 heavy (non-hydrogen) atoms. The van der Waals surface area contributed by atoms with Crippen molar-refractivity contribution in [3.63, 3.8) is 0 Å². The van der Waals surface area contributed by atoms with Gasteiger partial charge in [-0.15, -0.1) is 0 Å². The second-order valence-electron chi connectivity index (χ2n) is 15.5. The Morgan fingerprint density at radius 2 is 1.65 bits per heavy atom. The number of aromatic hydroxyl groups is 1. The van der Waals surface area contributed by atoms with Crippen molar-refractivity contribution in [1.82, 2.24) is 9.88 Å². The second-order valence-corrected chi connectivity index (χ2v) is 21.0. The lowest BCUT2D eigenvalue weighted by Gasteiger charge is -2.44. The Bertz CT molecular complexity index is 2040. The van der Waals surface area contributed by atoms with Crippen LogP contribution in [-0.2, 0) is 18.8 Å². The number of carbonyl (C=O) groups is 2. The summed E-state index contributed by atoms with van der Waals surface area (Å²) in [7, 11) is 0.254. The van der Waals surface area contributed by atoms with Crippen molar-refractivity contribution in [3.8, 4) is 11.5 Å². The van der Waals surface area contributed by atoms with Crippen molar-refractivity contribution < 1.29 is 28.6 Å². The summed E-state index contributed by atoms with van der Waals surface area (Å²) in [5.74, 6) is -0.769. The van der Waals surface area contributed by atoms with Gasteiger partial charge in [-0.2, -0.15) is 0 Å². The van der Waals surface area contributed by atoms with E-state index in [1.165, 1.54) is 15.3 Å². The molecule has 2 amide bonds. The molecule has 0 unspecified atom stereocenters. The number of amides is 2. The number of aromatic nitrogens is 1. The first kappa shape index (κ1) is 38.2. The molecule has 2 fully saturated rings. The molecule has 1 N–H and O–H groups in total. The highest BCUT2D eigenvalue weighted by Gasteiger charge is 2.57. The normalized spacial score (nSPS) is 21.7. The van der Waals surface area contributed by atoms with E-state index in [2.05, 4.69) is 98.0 Å². The van der Waals surface area contributed by atoms with Crippen LogP contribution in [0.1, 0.15) is 51.3 Å². The van der Waals surface area contributed by atoms with E-state index in [9.17, 15) is 14.7 Å². The molecule has 4 aromatic rings. The molecular formula is C44H47IN2O6Si. The molecule has 1 aromatic heterocycles. The average Bonchev–Trinajstić information content (AvgIpc) is 3.70. The summed E-state index contributed by atoms with van der Waals surface area (Å²) < 4.78 is 20.3. The largest absolute Gasteiger partial charge is 0.504 e. The zero-order chi connectivity index (χ0) is 38.2. The van der Waals surface area contributed by atoms with E-state index in [1.807, 2.05) is 42.5 Å². The minimum atomic E-state index is -2.90. The lowest BCUT2D eigenvalue weighted by molar-refractivity contribution is -0.138. The molecule has 0 spiro atoms. The first-order chi connectivity index (χ1) is 25.9. The van der Waals surface area contributed by atoms with Crippen molar-refractivity contribution in [2.24, 2.45) is 17.8 Å². The van der Waals surface area contributed by atoms with Crippen LogP contribution in [0.25, 0.3) is 11.6 Å². The summed E-state index contributed by atoms with van der Waals surface area (Å²) in [6.07, 6.45) is 5.38. The van der Waals surface area contributed by atoms with Crippen molar-refractivity contribution >= 4 is 64.7 Å². The van der Waals surface area contributed by atoms with Gasteiger partial charge in [0, 0.05) is 19.2 Å². The highest BCUT2D eigenvalue weighted by atomic mass is 127. The van der Waals surface area contributed by atoms with Crippen LogP contribution in [0.2, 0.25) is 5.04 Å². The zero-order valence-electron chi connectivity index (χ0n) is 31.4. The number of ether oxygens (including phenoxy) is 2. The Kier molecular flexibility index (Phi) is 11.0. The number of allylic oxidation sites excluding steroid dienone is 1. The predicted molar refractivity (Wildman–Crippen MR) is 222 cm³/mol. The topological polar surface area (TPSA) is 98.2 Å². The Morgan fingerprint density at radius 1 is 0.981 bits per heavy atom. The van der Waals surface area contributed by atoms with Gasteiger partial charge in [0.05, 0.1) is 47.5 Å². The summed E-state index contributed by atoms with van der Waals surface area (Å²) in [6.45, 7) is 7.53. The fourth-order valence-corrected chi connectivity index (χ4v) is 14.0. The number of likely N-dealkylation sites (tertiary alicyclic amines) is 1. The van der Waals surface area contributed by atoms with Gasteiger partial charge in [0.1, 0.15) is 0 Å². The third-order valence-electron chi connectivity index (χ3n) is 11.4. The molecule has 7 rings (SSSR count). The van der Waals surface area contributed by atoms with Gasteiger partial charge in [0.25, 0.3) is 8.32 Å². The van der Waals surface area contributed by atoms with Crippen LogP contribution in [0.15, 0.2) is 108 Å². The number of methoxy groups -OCH3 is 1. The highest BCUT2D eigenvalue weighted by Crippen LogP contribution is 2.50. The maximum absolute atomic E-state index is 13.6. The monoisotopic (exact) mass is 854 g/mol. The van der Waals surface area contributed by atoms with Crippen LogP contribution in [0, 0.1) is 21.3 Å². The van der Waals surface area contributed by atoms with Crippen LogP contribution < -0.4 is 15.1 Å². The van der Waals surface area contributed by atoms with Crippen molar-refractivity contribution in [2.75, 3.05) is 27.4 Å². The standard InChI is InChI=1S/C44H47IN2O6Si/c1-44(2,3)54(31-14-8-6-9-15-31,32-16-10-7-11-17-32)53-26-30-25-33-40(43(50)47(4)42(33)49)34-27-52-37(39(30)34)20-19-29(36-18-12-13-21-46-36)22-28-23-35(45)41(48)38(24-28)51-5/h6-18,21-24,33-34,37,40,48H,19-20,25-27H2,1-5H3/b29-22-/t33-,34+,37-,40-/m1/s1. The molecule has 0 saturated carbocycles. The van der Waals surface area contributed by atoms with E-state index in [0.717, 1.165) is 28.0 Å². The van der Waals surface area contributed by atoms with E-state index in [4.69, 9.17) is 18.9 Å². The fraction of sp³-hybridized carbons (Fsp3) is 0.341. The third-order valence-corrected chi connectivity index (χ3v) is 17.2. The number of hydrogen-bond acceptors (Lipinski definition) is 7. The smallest absolute Gasteiger partial charge is 0.261 e. The van der Waals surface area contributed by atoms with Crippen molar-refractivity contribution in [3.05, 3.63) is 123 Å². The molecule has 3 aliphatic rings. The molecule has 10 heteroatoms. The van der Waals surface area contributed by atoms with Gasteiger partial charge >= 0.3 is 0 Å². The third kappa shape index (κ3) is 6.97. The van der Waals surface area contributed by atoms with Gasteiger partial charge in [-0.3, -0.25) is 19.5 Å². The minimum absolute atomic E-state index is 0.112. The zero-order valence-corrected chi connectivity index (χ0v) is 34.6. The predicted octanol–water partition coefficient (Wildman–Crippen LogP) is 7.24. The van der Waals surface area contributed by atoms with Crippen molar-refractivity contribution in [2.45, 2.75) is 51.2 Å². The maximum Gasteiger partial charge on any atom is 0.261 e. The lowest BCUT2D eigenvalue weighted by Crippen LogP contribution is -2.66. The summed E-state index contributed by atoms with van der Waals surface area (Å²) in [5.41, 5.74) is 4.94. The number of hydrogen-bond donors (Lipinski definition) is 1. The number of benzene rings is 3. The Balaban J connectivity index is 1.28. The minimum Gasteiger partial charge on any atom is -0.504 e. The number of pyridine rings is 1. The fourth-order valence-electron chi connectivity index (χ4n) is 8.87. The van der Waals surface area contributed by atoms with Gasteiger partial charge in [0.15, 0.2) is 11.5 Å². The molecule has 280 valence electrons. The molecule has 2 aliphatic heterocycles. The molecule has 3 aromatic carbocycles. The molecule has 3 heterocycles. The first-order valence-electron chi connectivity index (χ1n) is 18.5. The molecular weight excluding hydrogens is 807 g/mol. The van der Waals surface area contributed by atoms with Gasteiger partial charge in [-0.25, -0.2) is 0 Å². The van der Waals surface area contributed by atoms with Gasteiger partial charge < -0.3 is 19.0 Å². The van der Waals surface area contributed by atoms with E-state index in [0.29, 0.717) is 41.8 Å².